The predicted octanol–water partition coefficient (Wildman–Crippen LogP) is 3.85. The van der Waals surface area contributed by atoms with Crippen LogP contribution in [0.15, 0.2) is 48.8 Å². The lowest BCUT2D eigenvalue weighted by atomic mass is 10.1. The molecule has 5 rings (SSSR count). The molecule has 0 spiro atoms. The largest absolute Gasteiger partial charge is 0.354 e. The summed E-state index contributed by atoms with van der Waals surface area (Å²) in [5.41, 5.74) is 4.11. The molecule has 9 nitrogen and oxygen atoms in total. The molecular formula is C25H28FN7O2S. The van der Waals surface area contributed by atoms with E-state index in [0.29, 0.717) is 40.2 Å². The van der Waals surface area contributed by atoms with Gasteiger partial charge in [-0.3, -0.25) is 9.12 Å². The van der Waals surface area contributed by atoms with Crippen LogP contribution in [0.5, 0.6) is 0 Å². The Morgan fingerprint density at radius 1 is 1.14 bits per heavy atom. The summed E-state index contributed by atoms with van der Waals surface area (Å²) in [5, 5.41) is 3.31. The van der Waals surface area contributed by atoms with Crippen molar-refractivity contribution in [2.45, 2.75) is 19.4 Å². The highest BCUT2D eigenvalue weighted by Gasteiger charge is 2.22. The molecule has 36 heavy (non-hydrogen) atoms. The molecule has 0 aliphatic heterocycles. The number of pyridine rings is 1. The number of fused-ring (bicyclic) bond motifs is 1. The van der Waals surface area contributed by atoms with Gasteiger partial charge in [0, 0.05) is 31.0 Å². The normalized spacial score (nSPS) is 13.9. The lowest BCUT2D eigenvalue weighted by Crippen LogP contribution is -2.11. The quantitative estimate of drug-likeness (QED) is 0.353. The van der Waals surface area contributed by atoms with Gasteiger partial charge in [-0.05, 0) is 74.8 Å². The van der Waals surface area contributed by atoms with Gasteiger partial charge in [-0.25, -0.2) is 27.8 Å². The first-order chi connectivity index (χ1) is 17.2. The molecule has 0 bridgehead atoms. The number of halogens is 1. The molecule has 1 fully saturated rings. The first kappa shape index (κ1) is 24.1. The van der Waals surface area contributed by atoms with Gasteiger partial charge in [-0.15, -0.1) is 0 Å². The fraction of sp³-hybridized carbons (Fsp3) is 0.320. The van der Waals surface area contributed by atoms with E-state index < -0.39 is 15.8 Å². The van der Waals surface area contributed by atoms with Crippen LogP contribution in [0.1, 0.15) is 18.4 Å². The zero-order chi connectivity index (χ0) is 25.4. The summed E-state index contributed by atoms with van der Waals surface area (Å²) in [7, 11) is 0.331. The van der Waals surface area contributed by atoms with Crippen LogP contribution in [-0.2, 0) is 16.6 Å². The molecule has 3 aromatic heterocycles. The van der Waals surface area contributed by atoms with Gasteiger partial charge in [-0.1, -0.05) is 0 Å². The van der Waals surface area contributed by atoms with Crippen LogP contribution < -0.4 is 10.0 Å². The molecule has 3 heterocycles. The second-order valence-corrected chi connectivity index (χ2v) is 11.2. The minimum absolute atomic E-state index is 0.138. The molecule has 1 saturated carbocycles. The second-order valence-electron chi connectivity index (χ2n) is 9.47. The summed E-state index contributed by atoms with van der Waals surface area (Å²) in [6.45, 7) is 1.57. The van der Waals surface area contributed by atoms with Crippen molar-refractivity contribution < 1.29 is 12.8 Å². The number of hydrogen-bond acceptors (Lipinski definition) is 7. The van der Waals surface area contributed by atoms with Gasteiger partial charge in [0.25, 0.3) is 0 Å². The SMILES string of the molecule is CN(C)Cc1ccn2c(-c3ccnc(NCC4CC4)n3)c(-c3ccc(F)c(NS(C)(=O)=O)c3)nc2c1. The van der Waals surface area contributed by atoms with Crippen LogP contribution in [0.3, 0.4) is 0 Å². The zero-order valence-corrected chi connectivity index (χ0v) is 21.2. The molecule has 0 unspecified atom stereocenters. The van der Waals surface area contributed by atoms with Gasteiger partial charge in [-0.2, -0.15) is 0 Å². The molecule has 0 amide bonds. The van der Waals surface area contributed by atoms with E-state index in [4.69, 9.17) is 9.97 Å². The summed E-state index contributed by atoms with van der Waals surface area (Å²) in [6.07, 6.45) is 7.06. The highest BCUT2D eigenvalue weighted by atomic mass is 32.2. The fourth-order valence-corrected chi connectivity index (χ4v) is 4.64. The Bertz CT molecular complexity index is 1530. The molecule has 11 heteroatoms. The lowest BCUT2D eigenvalue weighted by molar-refractivity contribution is 0.402. The van der Waals surface area contributed by atoms with Gasteiger partial charge in [0.1, 0.15) is 11.5 Å². The maximum atomic E-state index is 14.4. The third-order valence-corrected chi connectivity index (χ3v) is 6.46. The van der Waals surface area contributed by atoms with Crippen LogP contribution in [-0.4, -0.2) is 59.6 Å². The van der Waals surface area contributed by atoms with Crippen molar-refractivity contribution in [2.75, 3.05) is 36.9 Å². The summed E-state index contributed by atoms with van der Waals surface area (Å²) >= 11 is 0. The van der Waals surface area contributed by atoms with E-state index in [1.807, 2.05) is 42.9 Å². The van der Waals surface area contributed by atoms with Crippen LogP contribution in [0.2, 0.25) is 0 Å². The standard InChI is InChI=1S/C25H28FN7O2S/c1-32(2)15-17-9-11-33-22(12-17)30-23(18-6-7-19(26)21(13-18)31-36(3,34)35)24(33)20-8-10-27-25(29-20)28-14-16-4-5-16/h6-13,16,31H,4-5,14-15H2,1-3H3,(H,27,28,29). The first-order valence-corrected chi connectivity index (χ1v) is 13.6. The third kappa shape index (κ3) is 5.47. The first-order valence-electron chi connectivity index (χ1n) is 11.7. The molecule has 0 atom stereocenters. The molecule has 2 N–H and O–H groups in total. The number of aromatic nitrogens is 4. The highest BCUT2D eigenvalue weighted by molar-refractivity contribution is 7.92. The second kappa shape index (κ2) is 9.47. The van der Waals surface area contributed by atoms with E-state index in [1.54, 1.807) is 12.3 Å². The van der Waals surface area contributed by atoms with E-state index in [9.17, 15) is 12.8 Å². The average molecular weight is 510 g/mol. The number of nitrogens with zero attached hydrogens (tertiary/aromatic N) is 5. The Morgan fingerprint density at radius 2 is 1.94 bits per heavy atom. The van der Waals surface area contributed by atoms with Crippen molar-refractivity contribution in [1.29, 1.82) is 0 Å². The Morgan fingerprint density at radius 3 is 2.67 bits per heavy atom. The van der Waals surface area contributed by atoms with E-state index in [-0.39, 0.29) is 5.69 Å². The van der Waals surface area contributed by atoms with Crippen molar-refractivity contribution in [2.24, 2.45) is 5.92 Å². The van der Waals surface area contributed by atoms with E-state index in [0.717, 1.165) is 24.9 Å². The van der Waals surface area contributed by atoms with E-state index >= 15 is 0 Å². The zero-order valence-electron chi connectivity index (χ0n) is 20.4. The van der Waals surface area contributed by atoms with Gasteiger partial charge in [0.15, 0.2) is 0 Å². The molecule has 1 aliphatic rings. The summed E-state index contributed by atoms with van der Waals surface area (Å²) in [5.74, 6) is 0.526. The summed E-state index contributed by atoms with van der Waals surface area (Å²) < 4.78 is 42.2. The number of benzene rings is 1. The number of nitrogens with one attached hydrogen (secondary N) is 2. The average Bonchev–Trinajstić information content (AvgIpc) is 3.56. The molecule has 188 valence electrons. The van der Waals surface area contributed by atoms with E-state index in [2.05, 4.69) is 19.9 Å². The van der Waals surface area contributed by atoms with Crippen molar-refractivity contribution >= 4 is 27.3 Å². The molecule has 1 aromatic carbocycles. The van der Waals surface area contributed by atoms with Gasteiger partial charge < -0.3 is 10.2 Å². The fourth-order valence-electron chi connectivity index (χ4n) is 4.08. The Labute approximate surface area is 209 Å². The van der Waals surface area contributed by atoms with Gasteiger partial charge in [0.2, 0.25) is 16.0 Å². The minimum Gasteiger partial charge on any atom is -0.354 e. The molecule has 0 saturated heterocycles. The van der Waals surface area contributed by atoms with Crippen molar-refractivity contribution in [3.05, 3.63) is 60.2 Å². The number of rotatable bonds is 9. The van der Waals surface area contributed by atoms with Gasteiger partial charge >= 0.3 is 0 Å². The van der Waals surface area contributed by atoms with Crippen LogP contribution >= 0.6 is 0 Å². The number of sulfonamides is 1. The van der Waals surface area contributed by atoms with E-state index in [1.165, 1.54) is 25.0 Å². The summed E-state index contributed by atoms with van der Waals surface area (Å²) in [6, 6.07) is 10.1. The number of anilines is 2. The molecule has 4 aromatic rings. The van der Waals surface area contributed by atoms with Gasteiger partial charge in [0.05, 0.1) is 29.0 Å². The Balaban J connectivity index is 1.65. The van der Waals surface area contributed by atoms with Crippen LogP contribution in [0, 0.1) is 11.7 Å². The van der Waals surface area contributed by atoms with Crippen LogP contribution in [0.25, 0.3) is 28.3 Å². The van der Waals surface area contributed by atoms with Crippen molar-refractivity contribution in [3.8, 4) is 22.6 Å². The smallest absolute Gasteiger partial charge is 0.229 e. The minimum atomic E-state index is -3.67. The van der Waals surface area contributed by atoms with Crippen molar-refractivity contribution in [1.82, 2.24) is 24.3 Å². The number of hydrogen-bond donors (Lipinski definition) is 2. The topological polar surface area (TPSA) is 105 Å². The maximum Gasteiger partial charge on any atom is 0.229 e. The molecule has 1 aliphatic carbocycles. The Kier molecular flexibility index (Phi) is 6.35. The lowest BCUT2D eigenvalue weighted by Gasteiger charge is -2.11. The van der Waals surface area contributed by atoms with Crippen LogP contribution in [0.4, 0.5) is 16.0 Å². The Hall–Kier alpha value is -3.57. The monoisotopic (exact) mass is 509 g/mol. The third-order valence-electron chi connectivity index (χ3n) is 5.87. The molecule has 0 radical (unpaired) electrons. The summed E-state index contributed by atoms with van der Waals surface area (Å²) in [4.78, 5) is 16.0. The molecular weight excluding hydrogens is 481 g/mol. The highest BCUT2D eigenvalue weighted by Crippen LogP contribution is 2.35. The predicted molar refractivity (Wildman–Crippen MR) is 139 cm³/mol. The maximum absolute atomic E-state index is 14.4. The van der Waals surface area contributed by atoms with Crippen molar-refractivity contribution in [3.63, 3.8) is 0 Å². The number of imidazole rings is 1.